The Morgan fingerprint density at radius 1 is 1.50 bits per heavy atom. The lowest BCUT2D eigenvalue weighted by molar-refractivity contribution is 1.13. The van der Waals surface area contributed by atoms with E-state index < -0.39 is 0 Å². The number of rotatable bonds is 3. The van der Waals surface area contributed by atoms with Gasteiger partial charge in [-0.3, -0.25) is 0 Å². The summed E-state index contributed by atoms with van der Waals surface area (Å²) in [5.41, 5.74) is 0.242. The van der Waals surface area contributed by atoms with Crippen molar-refractivity contribution in [3.63, 3.8) is 0 Å². The minimum Gasteiger partial charge on any atom is -0.364 e. The van der Waals surface area contributed by atoms with Crippen LogP contribution < -0.4 is 5.32 Å². The largest absolute Gasteiger partial charge is 0.364 e. The van der Waals surface area contributed by atoms with Crippen molar-refractivity contribution in [3.8, 4) is 6.07 Å². The first-order valence-electron chi connectivity index (χ1n) is 3.70. The van der Waals surface area contributed by atoms with E-state index in [9.17, 15) is 0 Å². The van der Waals surface area contributed by atoms with Crippen LogP contribution in [0, 0.1) is 11.3 Å². The van der Waals surface area contributed by atoms with Crippen LogP contribution in [0.15, 0.2) is 23.0 Å². The SMILES string of the molecule is N#Cc1nccnc1NCC=C(Cl)Cl. The minimum absolute atomic E-state index is 0.167. The second-order valence-electron chi connectivity index (χ2n) is 2.24. The standard InChI is InChI=1S/C8H6Cl2N4/c9-7(10)1-2-13-8-6(5-11)12-3-4-14-8/h1,3-4H,2H2,(H,13,14). The maximum Gasteiger partial charge on any atom is 0.182 e. The van der Waals surface area contributed by atoms with E-state index in [2.05, 4.69) is 15.3 Å². The summed E-state index contributed by atoms with van der Waals surface area (Å²) in [7, 11) is 0. The number of hydrogen-bond donors (Lipinski definition) is 1. The zero-order chi connectivity index (χ0) is 10.4. The van der Waals surface area contributed by atoms with Crippen LogP contribution in [0.25, 0.3) is 0 Å². The van der Waals surface area contributed by atoms with Crippen LogP contribution in [0.4, 0.5) is 5.82 Å². The smallest absolute Gasteiger partial charge is 0.182 e. The van der Waals surface area contributed by atoms with E-state index in [-0.39, 0.29) is 10.2 Å². The highest BCUT2D eigenvalue weighted by atomic mass is 35.5. The van der Waals surface area contributed by atoms with Gasteiger partial charge in [0.05, 0.1) is 0 Å². The Bertz CT molecular complexity index is 379. The topological polar surface area (TPSA) is 61.6 Å². The van der Waals surface area contributed by atoms with E-state index in [1.807, 2.05) is 6.07 Å². The molecule has 0 saturated heterocycles. The Morgan fingerprint density at radius 3 is 2.86 bits per heavy atom. The third-order valence-electron chi connectivity index (χ3n) is 1.33. The van der Waals surface area contributed by atoms with Crippen molar-refractivity contribution in [2.24, 2.45) is 0 Å². The first-order valence-corrected chi connectivity index (χ1v) is 4.45. The molecule has 0 aliphatic heterocycles. The van der Waals surface area contributed by atoms with E-state index in [4.69, 9.17) is 28.5 Å². The number of hydrogen-bond acceptors (Lipinski definition) is 4. The quantitative estimate of drug-likeness (QED) is 0.861. The third kappa shape index (κ3) is 3.21. The lowest BCUT2D eigenvalue weighted by atomic mass is 10.4. The Morgan fingerprint density at radius 2 is 2.21 bits per heavy atom. The molecule has 1 rings (SSSR count). The minimum atomic E-state index is 0.167. The molecule has 0 aliphatic carbocycles. The maximum absolute atomic E-state index is 8.67. The molecule has 72 valence electrons. The van der Waals surface area contributed by atoms with Crippen LogP contribution in [0.5, 0.6) is 0 Å². The predicted molar refractivity (Wildman–Crippen MR) is 55.0 cm³/mol. The molecule has 1 aromatic heterocycles. The molecule has 0 bridgehead atoms. The fourth-order valence-corrected chi connectivity index (χ4v) is 0.928. The molecule has 0 radical (unpaired) electrons. The molecular formula is C8H6Cl2N4. The molecule has 0 aliphatic rings. The molecule has 0 saturated carbocycles. The summed E-state index contributed by atoms with van der Waals surface area (Å²) in [5.74, 6) is 0.417. The number of halogens is 2. The summed E-state index contributed by atoms with van der Waals surface area (Å²) in [4.78, 5) is 7.76. The molecule has 0 aromatic carbocycles. The number of nitriles is 1. The second kappa shape index (κ2) is 5.43. The van der Waals surface area contributed by atoms with Gasteiger partial charge in [-0.25, -0.2) is 9.97 Å². The third-order valence-corrected chi connectivity index (χ3v) is 1.64. The van der Waals surface area contributed by atoms with Crippen molar-refractivity contribution in [2.75, 3.05) is 11.9 Å². The highest BCUT2D eigenvalue weighted by Gasteiger charge is 2.01. The summed E-state index contributed by atoms with van der Waals surface area (Å²) in [6.07, 6.45) is 4.50. The van der Waals surface area contributed by atoms with Crippen LogP contribution in [-0.4, -0.2) is 16.5 Å². The summed E-state index contributed by atoms with van der Waals surface area (Å²) in [5, 5.41) is 11.5. The first-order chi connectivity index (χ1) is 6.74. The second-order valence-corrected chi connectivity index (χ2v) is 3.25. The average Bonchev–Trinajstić information content (AvgIpc) is 2.18. The van der Waals surface area contributed by atoms with E-state index in [1.54, 1.807) is 6.08 Å². The van der Waals surface area contributed by atoms with Crippen LogP contribution >= 0.6 is 23.2 Å². The monoisotopic (exact) mass is 228 g/mol. The average molecular weight is 229 g/mol. The van der Waals surface area contributed by atoms with Crippen molar-refractivity contribution in [3.05, 3.63) is 28.7 Å². The highest BCUT2D eigenvalue weighted by molar-refractivity contribution is 6.55. The van der Waals surface area contributed by atoms with Crippen molar-refractivity contribution in [1.29, 1.82) is 5.26 Å². The van der Waals surface area contributed by atoms with Gasteiger partial charge in [0.1, 0.15) is 10.6 Å². The van der Waals surface area contributed by atoms with Crippen molar-refractivity contribution in [1.82, 2.24) is 9.97 Å². The van der Waals surface area contributed by atoms with E-state index >= 15 is 0 Å². The lowest BCUT2D eigenvalue weighted by Crippen LogP contribution is -2.03. The van der Waals surface area contributed by atoms with Crippen molar-refractivity contribution in [2.45, 2.75) is 0 Å². The maximum atomic E-state index is 8.67. The van der Waals surface area contributed by atoms with Crippen LogP contribution in [-0.2, 0) is 0 Å². The van der Waals surface area contributed by atoms with Crippen molar-refractivity contribution < 1.29 is 0 Å². The predicted octanol–water partition coefficient (Wildman–Crippen LogP) is 2.08. The van der Waals surface area contributed by atoms with Gasteiger partial charge in [0.2, 0.25) is 0 Å². The van der Waals surface area contributed by atoms with Crippen LogP contribution in [0.3, 0.4) is 0 Å². The molecule has 0 spiro atoms. The van der Waals surface area contributed by atoms with Crippen LogP contribution in [0.2, 0.25) is 0 Å². The highest BCUT2D eigenvalue weighted by Crippen LogP contribution is 2.08. The fourth-order valence-electron chi connectivity index (χ4n) is 0.774. The number of anilines is 1. The molecule has 0 fully saturated rings. The Hall–Kier alpha value is -1.31. The fraction of sp³-hybridized carbons (Fsp3) is 0.125. The van der Waals surface area contributed by atoms with Gasteiger partial charge in [-0.05, 0) is 6.08 Å². The molecule has 14 heavy (non-hydrogen) atoms. The van der Waals surface area contributed by atoms with Gasteiger partial charge < -0.3 is 5.32 Å². The van der Waals surface area contributed by atoms with E-state index in [1.165, 1.54) is 12.4 Å². The van der Waals surface area contributed by atoms with Crippen LogP contribution in [0.1, 0.15) is 5.69 Å². The zero-order valence-electron chi connectivity index (χ0n) is 7.04. The number of aromatic nitrogens is 2. The summed E-state index contributed by atoms with van der Waals surface area (Å²) >= 11 is 10.8. The van der Waals surface area contributed by atoms with Gasteiger partial charge >= 0.3 is 0 Å². The lowest BCUT2D eigenvalue weighted by Gasteiger charge is -2.01. The summed E-state index contributed by atoms with van der Waals surface area (Å²) in [6, 6.07) is 1.91. The summed E-state index contributed by atoms with van der Waals surface area (Å²) < 4.78 is 0.167. The number of nitrogens with one attached hydrogen (secondary N) is 1. The molecule has 0 atom stereocenters. The molecule has 1 heterocycles. The molecule has 0 amide bonds. The van der Waals surface area contributed by atoms with Gasteiger partial charge in [-0.1, -0.05) is 23.2 Å². The Kier molecular flexibility index (Phi) is 4.17. The Labute approximate surface area is 91.2 Å². The van der Waals surface area contributed by atoms with Gasteiger partial charge in [0.25, 0.3) is 0 Å². The van der Waals surface area contributed by atoms with Gasteiger partial charge in [0, 0.05) is 18.9 Å². The summed E-state index contributed by atoms with van der Waals surface area (Å²) in [6.45, 7) is 0.399. The van der Waals surface area contributed by atoms with Crippen molar-refractivity contribution >= 4 is 29.0 Å². The van der Waals surface area contributed by atoms with E-state index in [0.717, 1.165) is 0 Å². The Balaban J connectivity index is 2.68. The molecular weight excluding hydrogens is 223 g/mol. The first kappa shape index (κ1) is 10.8. The van der Waals surface area contributed by atoms with Gasteiger partial charge in [-0.15, -0.1) is 0 Å². The molecule has 6 heteroatoms. The van der Waals surface area contributed by atoms with Gasteiger partial charge in [-0.2, -0.15) is 5.26 Å². The van der Waals surface area contributed by atoms with E-state index in [0.29, 0.717) is 12.4 Å². The molecule has 4 nitrogen and oxygen atoms in total. The molecule has 1 aromatic rings. The normalized spacial score (nSPS) is 8.93. The zero-order valence-corrected chi connectivity index (χ0v) is 8.55. The molecule has 0 unspecified atom stereocenters. The number of nitrogens with zero attached hydrogens (tertiary/aromatic N) is 3. The molecule has 1 N–H and O–H groups in total. The van der Waals surface area contributed by atoms with Gasteiger partial charge in [0.15, 0.2) is 11.5 Å².